The normalized spacial score (nSPS) is 21.9. The van der Waals surface area contributed by atoms with Gasteiger partial charge in [0.2, 0.25) is 5.78 Å². The standard InChI is InChI=1S/C18H20N2O/c21-18(15-7-2-1-3-8-15)14-20-12-5-4-10-17(20)16-9-6-11-19-13-16/h1-3,6-9,11,13,17H,4-5,10,12,14H2/p+1/t17-/m1/s1. The van der Waals surface area contributed by atoms with Gasteiger partial charge in [0.05, 0.1) is 6.54 Å². The third-order valence-corrected chi connectivity index (χ3v) is 4.30. The maximum absolute atomic E-state index is 12.5. The molecule has 108 valence electrons. The van der Waals surface area contributed by atoms with Gasteiger partial charge in [-0.1, -0.05) is 36.4 Å². The van der Waals surface area contributed by atoms with Crippen LogP contribution in [0.3, 0.4) is 0 Å². The topological polar surface area (TPSA) is 34.4 Å². The van der Waals surface area contributed by atoms with Crippen molar-refractivity contribution in [3.05, 3.63) is 66.0 Å². The molecule has 1 aromatic heterocycles. The van der Waals surface area contributed by atoms with Gasteiger partial charge < -0.3 is 4.90 Å². The SMILES string of the molecule is O=C(C[NH+]1CCCC[C@@H]1c1cccnc1)c1ccccc1. The first-order valence-electron chi connectivity index (χ1n) is 7.67. The zero-order chi connectivity index (χ0) is 14.5. The van der Waals surface area contributed by atoms with Gasteiger partial charge in [0.25, 0.3) is 0 Å². The van der Waals surface area contributed by atoms with Crippen molar-refractivity contribution in [3.8, 4) is 0 Å². The number of nitrogens with zero attached hydrogens (tertiary/aromatic N) is 1. The number of aromatic nitrogens is 1. The molecule has 1 fully saturated rings. The van der Waals surface area contributed by atoms with Crippen molar-refractivity contribution in [1.29, 1.82) is 0 Å². The first kappa shape index (κ1) is 14.0. The van der Waals surface area contributed by atoms with Gasteiger partial charge in [-0.2, -0.15) is 0 Å². The van der Waals surface area contributed by atoms with E-state index in [1.165, 1.54) is 23.3 Å². The lowest BCUT2D eigenvalue weighted by Gasteiger charge is -2.32. The van der Waals surface area contributed by atoms with Crippen LogP contribution in [0.15, 0.2) is 54.9 Å². The second-order valence-electron chi connectivity index (χ2n) is 5.71. The van der Waals surface area contributed by atoms with Gasteiger partial charge in [0.15, 0.2) is 0 Å². The number of rotatable bonds is 4. The molecule has 21 heavy (non-hydrogen) atoms. The second kappa shape index (κ2) is 6.64. The van der Waals surface area contributed by atoms with Crippen molar-refractivity contribution < 1.29 is 9.69 Å². The Bertz CT molecular complexity index is 583. The highest BCUT2D eigenvalue weighted by atomic mass is 16.1. The van der Waals surface area contributed by atoms with Crippen LogP contribution in [0.5, 0.6) is 0 Å². The minimum Gasteiger partial charge on any atom is -0.322 e. The average Bonchev–Trinajstić information content (AvgIpc) is 2.57. The molecule has 0 bridgehead atoms. The van der Waals surface area contributed by atoms with Crippen LogP contribution in [0.25, 0.3) is 0 Å². The second-order valence-corrected chi connectivity index (χ2v) is 5.71. The number of pyridine rings is 1. The summed E-state index contributed by atoms with van der Waals surface area (Å²) in [4.78, 5) is 18.1. The zero-order valence-corrected chi connectivity index (χ0v) is 12.2. The summed E-state index contributed by atoms with van der Waals surface area (Å²) in [5.74, 6) is 0.237. The lowest BCUT2D eigenvalue weighted by atomic mass is 9.95. The molecule has 1 N–H and O–H groups in total. The predicted octanol–water partition coefficient (Wildman–Crippen LogP) is 2.07. The van der Waals surface area contributed by atoms with E-state index in [-0.39, 0.29) is 5.78 Å². The zero-order valence-electron chi connectivity index (χ0n) is 12.2. The fourth-order valence-electron chi connectivity index (χ4n) is 3.21. The van der Waals surface area contributed by atoms with Crippen molar-refractivity contribution in [3.63, 3.8) is 0 Å². The molecular formula is C18H21N2O+. The molecule has 2 aromatic rings. The van der Waals surface area contributed by atoms with Crippen molar-refractivity contribution in [2.75, 3.05) is 13.1 Å². The summed E-state index contributed by atoms with van der Waals surface area (Å²) in [6.45, 7) is 1.64. The smallest absolute Gasteiger partial charge is 0.216 e. The minimum absolute atomic E-state index is 0.237. The third-order valence-electron chi connectivity index (χ3n) is 4.30. The van der Waals surface area contributed by atoms with Crippen molar-refractivity contribution in [2.24, 2.45) is 0 Å². The summed E-state index contributed by atoms with van der Waals surface area (Å²) in [7, 11) is 0. The number of hydrogen-bond acceptors (Lipinski definition) is 2. The third kappa shape index (κ3) is 3.37. The van der Waals surface area contributed by atoms with Crippen molar-refractivity contribution in [2.45, 2.75) is 25.3 Å². The van der Waals surface area contributed by atoms with Gasteiger partial charge in [-0.05, 0) is 18.9 Å². The van der Waals surface area contributed by atoms with Gasteiger partial charge in [-0.15, -0.1) is 0 Å². The Hall–Kier alpha value is -2.00. The van der Waals surface area contributed by atoms with E-state index in [1.54, 1.807) is 6.20 Å². The molecule has 1 aliphatic heterocycles. The molecule has 3 nitrogen and oxygen atoms in total. The van der Waals surface area contributed by atoms with Crippen LogP contribution < -0.4 is 4.90 Å². The summed E-state index contributed by atoms with van der Waals surface area (Å²) >= 11 is 0. The number of benzene rings is 1. The van der Waals surface area contributed by atoms with E-state index >= 15 is 0 Å². The Morgan fingerprint density at radius 2 is 2.00 bits per heavy atom. The Morgan fingerprint density at radius 1 is 1.14 bits per heavy atom. The van der Waals surface area contributed by atoms with Crippen LogP contribution in [-0.4, -0.2) is 23.9 Å². The summed E-state index contributed by atoms with van der Waals surface area (Å²) in [6, 6.07) is 14.1. The molecule has 1 aliphatic rings. The molecule has 1 saturated heterocycles. The molecule has 0 radical (unpaired) electrons. The fraction of sp³-hybridized carbons (Fsp3) is 0.333. The lowest BCUT2D eigenvalue weighted by molar-refractivity contribution is -0.929. The van der Waals surface area contributed by atoms with Crippen LogP contribution in [0, 0.1) is 0 Å². The van der Waals surface area contributed by atoms with Gasteiger partial charge in [0, 0.05) is 29.9 Å². The number of quaternary nitrogens is 1. The lowest BCUT2D eigenvalue weighted by Crippen LogP contribution is -3.13. The van der Waals surface area contributed by atoms with Crippen LogP contribution in [0.2, 0.25) is 0 Å². The highest BCUT2D eigenvalue weighted by Gasteiger charge is 2.29. The number of likely N-dealkylation sites (tertiary alicyclic amines) is 1. The maximum atomic E-state index is 12.5. The summed E-state index contributed by atoms with van der Waals surface area (Å²) in [6.07, 6.45) is 7.34. The summed E-state index contributed by atoms with van der Waals surface area (Å²) in [5, 5.41) is 0. The Morgan fingerprint density at radius 3 is 2.76 bits per heavy atom. The first-order chi connectivity index (χ1) is 10.3. The summed E-state index contributed by atoms with van der Waals surface area (Å²) < 4.78 is 0. The van der Waals surface area contributed by atoms with Crippen LogP contribution in [0.1, 0.15) is 41.2 Å². The molecule has 1 aromatic carbocycles. The first-order valence-corrected chi connectivity index (χ1v) is 7.67. The molecule has 2 atom stereocenters. The van der Waals surface area contributed by atoms with Gasteiger partial charge in [0.1, 0.15) is 12.6 Å². The quantitative estimate of drug-likeness (QED) is 0.871. The van der Waals surface area contributed by atoms with E-state index in [2.05, 4.69) is 11.1 Å². The monoisotopic (exact) mass is 281 g/mol. The van der Waals surface area contributed by atoms with E-state index in [1.807, 2.05) is 42.6 Å². The maximum Gasteiger partial charge on any atom is 0.216 e. The highest BCUT2D eigenvalue weighted by molar-refractivity contribution is 5.96. The van der Waals surface area contributed by atoms with Gasteiger partial charge >= 0.3 is 0 Å². The number of nitrogens with one attached hydrogen (secondary N) is 1. The molecule has 3 heteroatoms. The number of Topliss-reactive ketones (excluding diaryl/α,β-unsaturated/α-hetero) is 1. The van der Waals surface area contributed by atoms with E-state index in [0.717, 1.165) is 18.5 Å². The van der Waals surface area contributed by atoms with Crippen LogP contribution >= 0.6 is 0 Å². The van der Waals surface area contributed by atoms with Gasteiger partial charge in [-0.25, -0.2) is 0 Å². The van der Waals surface area contributed by atoms with E-state index < -0.39 is 0 Å². The number of carbonyl (C=O) groups excluding carboxylic acids is 1. The average molecular weight is 281 g/mol. The Labute approximate surface area is 125 Å². The Balaban J connectivity index is 1.75. The largest absolute Gasteiger partial charge is 0.322 e. The van der Waals surface area contributed by atoms with E-state index in [9.17, 15) is 4.79 Å². The molecule has 0 saturated carbocycles. The predicted molar refractivity (Wildman–Crippen MR) is 82.3 cm³/mol. The minimum atomic E-state index is 0.237. The fourth-order valence-corrected chi connectivity index (χ4v) is 3.21. The van der Waals surface area contributed by atoms with Crippen LogP contribution in [-0.2, 0) is 0 Å². The van der Waals surface area contributed by atoms with Crippen molar-refractivity contribution >= 4 is 5.78 Å². The molecule has 0 aliphatic carbocycles. The number of hydrogen-bond donors (Lipinski definition) is 1. The molecule has 2 heterocycles. The van der Waals surface area contributed by atoms with Crippen LogP contribution in [0.4, 0.5) is 0 Å². The summed E-state index contributed by atoms with van der Waals surface area (Å²) in [5.41, 5.74) is 2.08. The number of piperidine rings is 1. The highest BCUT2D eigenvalue weighted by Crippen LogP contribution is 2.18. The Kier molecular flexibility index (Phi) is 4.41. The molecule has 0 spiro atoms. The van der Waals surface area contributed by atoms with Gasteiger partial charge in [-0.3, -0.25) is 9.78 Å². The molecule has 1 unspecified atom stereocenters. The van der Waals surface area contributed by atoms with E-state index in [4.69, 9.17) is 0 Å². The number of carbonyl (C=O) groups is 1. The molecule has 0 amide bonds. The molecular weight excluding hydrogens is 260 g/mol. The van der Waals surface area contributed by atoms with E-state index in [0.29, 0.717) is 12.6 Å². The van der Waals surface area contributed by atoms with Crippen molar-refractivity contribution in [1.82, 2.24) is 4.98 Å². The number of ketones is 1. The molecule has 3 rings (SSSR count).